The molecule has 0 radical (unpaired) electrons. The van der Waals surface area contributed by atoms with Crippen LogP contribution in [0.3, 0.4) is 0 Å². The Kier molecular flexibility index (Phi) is 3.77. The van der Waals surface area contributed by atoms with Crippen LogP contribution in [-0.2, 0) is 0 Å². The van der Waals surface area contributed by atoms with Crippen LogP contribution in [-0.4, -0.2) is 0 Å². The zero-order valence-corrected chi connectivity index (χ0v) is 10.1. The number of hydrogen-bond acceptors (Lipinski definition) is 1. The van der Waals surface area contributed by atoms with Crippen LogP contribution in [0.15, 0.2) is 22.7 Å². The van der Waals surface area contributed by atoms with Crippen molar-refractivity contribution in [1.29, 1.82) is 0 Å². The summed E-state index contributed by atoms with van der Waals surface area (Å²) in [5.41, 5.74) is 7.09. The van der Waals surface area contributed by atoms with Crippen LogP contribution in [0.1, 0.15) is 25.5 Å². The van der Waals surface area contributed by atoms with E-state index in [9.17, 15) is 0 Å². The van der Waals surface area contributed by atoms with Gasteiger partial charge in [-0.25, -0.2) is 0 Å². The topological polar surface area (TPSA) is 26.0 Å². The lowest BCUT2D eigenvalue weighted by molar-refractivity contribution is 0.512. The molecule has 1 unspecified atom stereocenters. The molecular formula is C10H13BrClN. The van der Waals surface area contributed by atoms with Crippen LogP contribution in [0.4, 0.5) is 0 Å². The first-order valence-corrected chi connectivity index (χ1v) is 5.40. The molecule has 1 aromatic rings. The number of benzene rings is 1. The van der Waals surface area contributed by atoms with Crippen molar-refractivity contribution in [3.63, 3.8) is 0 Å². The third-order valence-corrected chi connectivity index (χ3v) is 3.49. The molecule has 0 heterocycles. The Balaban J connectivity index is 3.07. The van der Waals surface area contributed by atoms with E-state index in [1.807, 2.05) is 18.2 Å². The van der Waals surface area contributed by atoms with Gasteiger partial charge in [-0.15, -0.1) is 0 Å². The van der Waals surface area contributed by atoms with Crippen LogP contribution >= 0.6 is 27.5 Å². The van der Waals surface area contributed by atoms with Crippen molar-refractivity contribution in [2.24, 2.45) is 11.7 Å². The van der Waals surface area contributed by atoms with Gasteiger partial charge in [-0.3, -0.25) is 0 Å². The zero-order valence-electron chi connectivity index (χ0n) is 7.72. The van der Waals surface area contributed by atoms with Gasteiger partial charge in [0, 0.05) is 10.5 Å². The SMILES string of the molecule is CC(C)C(N)c1cccc(Cl)c1Br. The average molecular weight is 263 g/mol. The second-order valence-electron chi connectivity index (χ2n) is 3.41. The van der Waals surface area contributed by atoms with Crippen molar-refractivity contribution in [2.45, 2.75) is 19.9 Å². The molecular weight excluding hydrogens is 249 g/mol. The highest BCUT2D eigenvalue weighted by atomic mass is 79.9. The van der Waals surface area contributed by atoms with Crippen molar-refractivity contribution in [2.75, 3.05) is 0 Å². The minimum Gasteiger partial charge on any atom is -0.324 e. The molecule has 0 saturated heterocycles. The highest BCUT2D eigenvalue weighted by Gasteiger charge is 2.14. The van der Waals surface area contributed by atoms with Gasteiger partial charge in [0.2, 0.25) is 0 Å². The van der Waals surface area contributed by atoms with Crippen molar-refractivity contribution in [1.82, 2.24) is 0 Å². The van der Waals surface area contributed by atoms with Crippen LogP contribution < -0.4 is 5.73 Å². The van der Waals surface area contributed by atoms with Gasteiger partial charge in [-0.2, -0.15) is 0 Å². The second-order valence-corrected chi connectivity index (χ2v) is 4.61. The molecule has 0 bridgehead atoms. The number of halogens is 2. The van der Waals surface area contributed by atoms with Crippen LogP contribution in [0.2, 0.25) is 5.02 Å². The summed E-state index contributed by atoms with van der Waals surface area (Å²) in [5, 5.41) is 0.716. The molecule has 0 aromatic heterocycles. The standard InChI is InChI=1S/C10H13BrClN/c1-6(2)10(13)7-4-3-5-8(12)9(7)11/h3-6,10H,13H2,1-2H3. The Labute approximate surface area is 92.4 Å². The molecule has 0 spiro atoms. The zero-order chi connectivity index (χ0) is 10.0. The smallest absolute Gasteiger partial charge is 0.0551 e. The fourth-order valence-electron chi connectivity index (χ4n) is 1.14. The minimum absolute atomic E-state index is 0.0353. The van der Waals surface area contributed by atoms with E-state index in [-0.39, 0.29) is 6.04 Å². The maximum absolute atomic E-state index is 6.02. The van der Waals surface area contributed by atoms with Gasteiger partial charge in [0.1, 0.15) is 0 Å². The van der Waals surface area contributed by atoms with E-state index in [1.165, 1.54) is 0 Å². The van der Waals surface area contributed by atoms with E-state index in [0.717, 1.165) is 10.0 Å². The van der Waals surface area contributed by atoms with Crippen molar-refractivity contribution in [3.05, 3.63) is 33.3 Å². The van der Waals surface area contributed by atoms with Gasteiger partial charge in [-0.05, 0) is 33.5 Å². The van der Waals surface area contributed by atoms with Gasteiger partial charge >= 0.3 is 0 Å². The fourth-order valence-corrected chi connectivity index (χ4v) is 1.85. The van der Waals surface area contributed by atoms with E-state index in [0.29, 0.717) is 10.9 Å². The summed E-state index contributed by atoms with van der Waals surface area (Å²) in [4.78, 5) is 0. The molecule has 0 fully saturated rings. The summed E-state index contributed by atoms with van der Waals surface area (Å²) in [5.74, 6) is 0.412. The van der Waals surface area contributed by atoms with E-state index in [4.69, 9.17) is 17.3 Å². The minimum atomic E-state index is 0.0353. The highest BCUT2D eigenvalue weighted by Crippen LogP contribution is 2.31. The average Bonchev–Trinajstić information content (AvgIpc) is 2.08. The van der Waals surface area contributed by atoms with Crippen LogP contribution in [0.25, 0.3) is 0 Å². The first-order chi connectivity index (χ1) is 6.04. The Morgan fingerprint density at radius 1 is 1.38 bits per heavy atom. The van der Waals surface area contributed by atoms with E-state index < -0.39 is 0 Å². The Bertz CT molecular complexity index is 299. The molecule has 1 aromatic carbocycles. The molecule has 2 N–H and O–H groups in total. The number of rotatable bonds is 2. The van der Waals surface area contributed by atoms with E-state index in [2.05, 4.69) is 29.8 Å². The number of hydrogen-bond donors (Lipinski definition) is 1. The largest absolute Gasteiger partial charge is 0.324 e. The van der Waals surface area contributed by atoms with Crippen molar-refractivity contribution in [3.8, 4) is 0 Å². The second kappa shape index (κ2) is 4.45. The molecule has 1 rings (SSSR count). The summed E-state index contributed by atoms with van der Waals surface area (Å²) in [6.45, 7) is 4.19. The molecule has 0 aliphatic carbocycles. The Morgan fingerprint density at radius 2 is 2.00 bits per heavy atom. The lowest BCUT2D eigenvalue weighted by atomic mass is 9.97. The first kappa shape index (κ1) is 11.0. The maximum Gasteiger partial charge on any atom is 0.0551 e. The van der Waals surface area contributed by atoms with Crippen molar-refractivity contribution >= 4 is 27.5 Å². The highest BCUT2D eigenvalue weighted by molar-refractivity contribution is 9.10. The molecule has 0 amide bonds. The molecule has 1 atom stereocenters. The lowest BCUT2D eigenvalue weighted by Gasteiger charge is -2.17. The van der Waals surface area contributed by atoms with Crippen LogP contribution in [0, 0.1) is 5.92 Å². The quantitative estimate of drug-likeness (QED) is 0.863. The predicted molar refractivity (Wildman–Crippen MR) is 60.9 cm³/mol. The summed E-state index contributed by atoms with van der Waals surface area (Å²) in [6, 6.07) is 5.81. The molecule has 3 heteroatoms. The monoisotopic (exact) mass is 261 g/mol. The third-order valence-electron chi connectivity index (χ3n) is 2.06. The normalized spacial score (nSPS) is 13.4. The molecule has 0 aliphatic rings. The fraction of sp³-hybridized carbons (Fsp3) is 0.400. The summed E-state index contributed by atoms with van der Waals surface area (Å²) in [7, 11) is 0. The van der Waals surface area contributed by atoms with Gasteiger partial charge in [0.05, 0.1) is 5.02 Å². The summed E-state index contributed by atoms with van der Waals surface area (Å²) in [6.07, 6.45) is 0. The van der Waals surface area contributed by atoms with E-state index >= 15 is 0 Å². The maximum atomic E-state index is 6.02. The molecule has 13 heavy (non-hydrogen) atoms. The van der Waals surface area contributed by atoms with Crippen LogP contribution in [0.5, 0.6) is 0 Å². The van der Waals surface area contributed by atoms with Crippen molar-refractivity contribution < 1.29 is 0 Å². The Morgan fingerprint density at radius 3 is 2.54 bits per heavy atom. The first-order valence-electron chi connectivity index (χ1n) is 4.23. The predicted octanol–water partition coefficient (Wildman–Crippen LogP) is 3.76. The molecule has 0 saturated carbocycles. The van der Waals surface area contributed by atoms with Gasteiger partial charge in [-0.1, -0.05) is 37.6 Å². The molecule has 0 aliphatic heterocycles. The van der Waals surface area contributed by atoms with Gasteiger partial charge < -0.3 is 5.73 Å². The lowest BCUT2D eigenvalue weighted by Crippen LogP contribution is -2.17. The molecule has 72 valence electrons. The van der Waals surface area contributed by atoms with E-state index in [1.54, 1.807) is 0 Å². The number of nitrogens with two attached hydrogens (primary N) is 1. The summed E-state index contributed by atoms with van der Waals surface area (Å²) >= 11 is 9.40. The van der Waals surface area contributed by atoms with Gasteiger partial charge in [0.15, 0.2) is 0 Å². The van der Waals surface area contributed by atoms with Gasteiger partial charge in [0.25, 0.3) is 0 Å². The third kappa shape index (κ3) is 2.46. The summed E-state index contributed by atoms with van der Waals surface area (Å²) < 4.78 is 0.915. The molecule has 1 nitrogen and oxygen atoms in total. The Hall–Kier alpha value is -0.0500.